The topological polar surface area (TPSA) is 26.3 Å². The Kier molecular flexibility index (Phi) is 28.0. The van der Waals surface area contributed by atoms with Crippen LogP contribution in [0.25, 0.3) is 0 Å². The Hall–Kier alpha value is -0.530. The van der Waals surface area contributed by atoms with Gasteiger partial charge in [0.15, 0.2) is 0 Å². The third-order valence-corrected chi connectivity index (χ3v) is 6.75. The summed E-state index contributed by atoms with van der Waals surface area (Å²) in [6.07, 6.45) is 34.6. The molecule has 0 saturated heterocycles. The van der Waals surface area contributed by atoms with Crippen molar-refractivity contribution in [1.82, 2.24) is 0 Å². The van der Waals surface area contributed by atoms with Crippen LogP contribution in [0.4, 0.5) is 0 Å². The Labute approximate surface area is 203 Å². The summed E-state index contributed by atoms with van der Waals surface area (Å²) in [5.41, 5.74) is 0. The molecule has 0 unspecified atom stereocenters. The van der Waals surface area contributed by atoms with Gasteiger partial charge < -0.3 is 4.74 Å². The van der Waals surface area contributed by atoms with Gasteiger partial charge in [-0.1, -0.05) is 162 Å². The van der Waals surface area contributed by atoms with E-state index in [1.165, 1.54) is 148 Å². The monoisotopic (exact) mass is 452 g/mol. The predicted molar refractivity (Wildman–Crippen MR) is 142 cm³/mol. The zero-order valence-electron chi connectivity index (χ0n) is 22.4. The van der Waals surface area contributed by atoms with Gasteiger partial charge in [-0.05, 0) is 12.8 Å². The van der Waals surface area contributed by atoms with Crippen molar-refractivity contribution < 1.29 is 9.53 Å². The normalized spacial score (nSPS) is 11.2. The second-order valence-electron chi connectivity index (χ2n) is 10.1. The third-order valence-electron chi connectivity index (χ3n) is 6.75. The zero-order valence-corrected chi connectivity index (χ0v) is 22.4. The summed E-state index contributed by atoms with van der Waals surface area (Å²) in [6, 6.07) is 0. The Balaban J connectivity index is 3.08. The van der Waals surface area contributed by atoms with Crippen molar-refractivity contribution in [2.75, 3.05) is 6.61 Å². The Bertz CT molecular complexity index is 353. The van der Waals surface area contributed by atoms with Crippen LogP contribution in [-0.4, -0.2) is 12.6 Å². The van der Waals surface area contributed by atoms with E-state index in [0.717, 1.165) is 12.8 Å². The first-order valence-corrected chi connectivity index (χ1v) is 15.0. The van der Waals surface area contributed by atoms with Gasteiger partial charge in [-0.2, -0.15) is 0 Å². The lowest BCUT2D eigenvalue weighted by molar-refractivity contribution is -0.143. The first kappa shape index (κ1) is 31.5. The SMILES string of the molecule is CCCCCCCCCCCCCCCCCCCCCCCC(=O)OCCCCCC. The molecule has 0 fully saturated rings. The van der Waals surface area contributed by atoms with E-state index in [9.17, 15) is 4.79 Å². The third kappa shape index (κ3) is 27.5. The van der Waals surface area contributed by atoms with E-state index >= 15 is 0 Å². The Morgan fingerprint density at radius 1 is 0.406 bits per heavy atom. The molecule has 0 amide bonds. The van der Waals surface area contributed by atoms with Crippen LogP contribution in [0.1, 0.15) is 181 Å². The molecular formula is C30H60O2. The zero-order chi connectivity index (χ0) is 23.4. The maximum absolute atomic E-state index is 11.7. The number of hydrogen-bond acceptors (Lipinski definition) is 2. The van der Waals surface area contributed by atoms with Gasteiger partial charge >= 0.3 is 5.97 Å². The predicted octanol–water partition coefficient (Wildman–Crippen LogP) is 10.7. The van der Waals surface area contributed by atoms with Gasteiger partial charge in [-0.25, -0.2) is 0 Å². The quantitative estimate of drug-likeness (QED) is 0.0914. The molecule has 2 heteroatoms. The fourth-order valence-corrected chi connectivity index (χ4v) is 4.49. The van der Waals surface area contributed by atoms with Crippen molar-refractivity contribution in [1.29, 1.82) is 0 Å². The van der Waals surface area contributed by atoms with E-state index in [2.05, 4.69) is 13.8 Å². The summed E-state index contributed by atoms with van der Waals surface area (Å²) in [7, 11) is 0. The molecule has 0 aromatic heterocycles. The molecule has 0 aliphatic rings. The highest BCUT2D eigenvalue weighted by atomic mass is 16.5. The number of carbonyl (C=O) groups excluding carboxylic acids is 1. The Morgan fingerprint density at radius 3 is 1.03 bits per heavy atom. The molecule has 0 radical (unpaired) electrons. The van der Waals surface area contributed by atoms with Gasteiger partial charge in [0, 0.05) is 6.42 Å². The summed E-state index contributed by atoms with van der Waals surface area (Å²) in [5, 5.41) is 0. The van der Waals surface area contributed by atoms with Crippen molar-refractivity contribution in [3.63, 3.8) is 0 Å². The first-order chi connectivity index (χ1) is 15.8. The van der Waals surface area contributed by atoms with Crippen LogP contribution in [0.2, 0.25) is 0 Å². The molecule has 0 bridgehead atoms. The van der Waals surface area contributed by atoms with Crippen LogP contribution >= 0.6 is 0 Å². The van der Waals surface area contributed by atoms with Gasteiger partial charge in [-0.3, -0.25) is 4.79 Å². The summed E-state index contributed by atoms with van der Waals surface area (Å²) >= 11 is 0. The van der Waals surface area contributed by atoms with Crippen molar-refractivity contribution >= 4 is 5.97 Å². The highest BCUT2D eigenvalue weighted by molar-refractivity contribution is 5.69. The smallest absolute Gasteiger partial charge is 0.305 e. The minimum Gasteiger partial charge on any atom is -0.466 e. The highest BCUT2D eigenvalue weighted by Crippen LogP contribution is 2.15. The number of unbranched alkanes of at least 4 members (excludes halogenated alkanes) is 23. The Morgan fingerprint density at radius 2 is 0.688 bits per heavy atom. The number of hydrogen-bond donors (Lipinski definition) is 0. The van der Waals surface area contributed by atoms with E-state index in [0.29, 0.717) is 13.0 Å². The average Bonchev–Trinajstić information content (AvgIpc) is 2.80. The second kappa shape index (κ2) is 28.5. The molecule has 2 nitrogen and oxygen atoms in total. The molecule has 0 saturated carbocycles. The van der Waals surface area contributed by atoms with Crippen LogP contribution in [0.5, 0.6) is 0 Å². The molecule has 0 rings (SSSR count). The minimum absolute atomic E-state index is 0.0132. The summed E-state index contributed by atoms with van der Waals surface area (Å²) in [6.45, 7) is 5.12. The first-order valence-electron chi connectivity index (χ1n) is 15.0. The van der Waals surface area contributed by atoms with Gasteiger partial charge in [0.1, 0.15) is 0 Å². The maximum atomic E-state index is 11.7. The standard InChI is InChI=1S/C30H60O2/c1-3-5-7-9-10-11-12-13-14-15-16-17-18-19-20-21-22-23-24-25-26-28-30(31)32-29-27-8-6-4-2/h3-29H2,1-2H3. The van der Waals surface area contributed by atoms with Crippen LogP contribution < -0.4 is 0 Å². The lowest BCUT2D eigenvalue weighted by Crippen LogP contribution is -2.05. The molecule has 0 spiro atoms. The molecule has 0 aromatic rings. The van der Waals surface area contributed by atoms with Gasteiger partial charge in [0.2, 0.25) is 0 Å². The summed E-state index contributed by atoms with van der Waals surface area (Å²) in [5.74, 6) is 0.0132. The fraction of sp³-hybridized carbons (Fsp3) is 0.967. The molecule has 0 aliphatic carbocycles. The molecule has 0 N–H and O–H groups in total. The largest absolute Gasteiger partial charge is 0.466 e. The lowest BCUT2D eigenvalue weighted by atomic mass is 10.0. The average molecular weight is 453 g/mol. The molecule has 192 valence electrons. The van der Waals surface area contributed by atoms with E-state index in [1.54, 1.807) is 0 Å². The van der Waals surface area contributed by atoms with Crippen molar-refractivity contribution in [2.24, 2.45) is 0 Å². The van der Waals surface area contributed by atoms with Crippen LogP contribution in [0.3, 0.4) is 0 Å². The van der Waals surface area contributed by atoms with Crippen molar-refractivity contribution in [3.8, 4) is 0 Å². The maximum Gasteiger partial charge on any atom is 0.305 e. The molecular weight excluding hydrogens is 392 g/mol. The number of rotatable bonds is 27. The van der Waals surface area contributed by atoms with Crippen molar-refractivity contribution in [2.45, 2.75) is 181 Å². The van der Waals surface area contributed by atoms with E-state index in [-0.39, 0.29) is 5.97 Å². The molecule has 0 aliphatic heterocycles. The minimum atomic E-state index is 0.0132. The van der Waals surface area contributed by atoms with E-state index in [4.69, 9.17) is 4.74 Å². The number of ether oxygens (including phenoxy) is 1. The highest BCUT2D eigenvalue weighted by Gasteiger charge is 2.02. The lowest BCUT2D eigenvalue weighted by Gasteiger charge is -2.05. The van der Waals surface area contributed by atoms with Crippen LogP contribution in [0, 0.1) is 0 Å². The van der Waals surface area contributed by atoms with E-state index in [1.807, 2.05) is 0 Å². The summed E-state index contributed by atoms with van der Waals surface area (Å²) < 4.78 is 5.29. The number of carbonyl (C=O) groups is 1. The molecule has 0 heterocycles. The fourth-order valence-electron chi connectivity index (χ4n) is 4.49. The van der Waals surface area contributed by atoms with Crippen LogP contribution in [-0.2, 0) is 9.53 Å². The van der Waals surface area contributed by atoms with Gasteiger partial charge in [-0.15, -0.1) is 0 Å². The number of esters is 1. The molecule has 32 heavy (non-hydrogen) atoms. The molecule has 0 atom stereocenters. The van der Waals surface area contributed by atoms with Crippen LogP contribution in [0.15, 0.2) is 0 Å². The van der Waals surface area contributed by atoms with Gasteiger partial charge in [0.25, 0.3) is 0 Å². The van der Waals surface area contributed by atoms with Gasteiger partial charge in [0.05, 0.1) is 6.61 Å². The molecule has 0 aromatic carbocycles. The van der Waals surface area contributed by atoms with Crippen molar-refractivity contribution in [3.05, 3.63) is 0 Å². The summed E-state index contributed by atoms with van der Waals surface area (Å²) in [4.78, 5) is 11.7. The second-order valence-corrected chi connectivity index (χ2v) is 10.1. The van der Waals surface area contributed by atoms with E-state index < -0.39 is 0 Å².